The molecule has 2 aliphatic rings. The molecular formula is C31H43N3O6. The van der Waals surface area contributed by atoms with Crippen LogP contribution in [0.3, 0.4) is 0 Å². The van der Waals surface area contributed by atoms with Crippen LogP contribution in [0.4, 0.5) is 4.79 Å². The number of benzene rings is 2. The molecule has 0 aliphatic carbocycles. The number of esters is 1. The van der Waals surface area contributed by atoms with Gasteiger partial charge in [-0.1, -0.05) is 67.8 Å². The van der Waals surface area contributed by atoms with Crippen LogP contribution in [0.5, 0.6) is 0 Å². The molecule has 0 saturated carbocycles. The van der Waals surface area contributed by atoms with Gasteiger partial charge in [0.05, 0.1) is 25.4 Å². The summed E-state index contributed by atoms with van der Waals surface area (Å²) >= 11 is 0. The fourth-order valence-corrected chi connectivity index (χ4v) is 5.22. The molecule has 0 aromatic heterocycles. The van der Waals surface area contributed by atoms with Gasteiger partial charge in [0.25, 0.3) is 0 Å². The number of aliphatic hydroxyl groups excluding tert-OH is 1. The second kappa shape index (κ2) is 15.7. The summed E-state index contributed by atoms with van der Waals surface area (Å²) in [4.78, 5) is 26.0. The van der Waals surface area contributed by atoms with Crippen molar-refractivity contribution < 1.29 is 28.9 Å². The van der Waals surface area contributed by atoms with Crippen LogP contribution in [0, 0.1) is 0 Å². The van der Waals surface area contributed by atoms with Crippen molar-refractivity contribution in [1.29, 1.82) is 0 Å². The summed E-state index contributed by atoms with van der Waals surface area (Å²) in [6.45, 7) is 5.26. The highest BCUT2D eigenvalue weighted by Crippen LogP contribution is 2.38. The van der Waals surface area contributed by atoms with Crippen LogP contribution >= 0.6 is 0 Å². The zero-order valence-electron chi connectivity index (χ0n) is 23.5. The van der Waals surface area contributed by atoms with Gasteiger partial charge in [0, 0.05) is 25.1 Å². The Bertz CT molecular complexity index is 1050. The Labute approximate surface area is 237 Å². The van der Waals surface area contributed by atoms with E-state index in [1.807, 2.05) is 48.5 Å². The van der Waals surface area contributed by atoms with Gasteiger partial charge >= 0.3 is 12.0 Å². The van der Waals surface area contributed by atoms with Crippen molar-refractivity contribution >= 4 is 12.0 Å². The summed E-state index contributed by atoms with van der Waals surface area (Å²) in [5.41, 5.74) is 3.80. The Hall–Kier alpha value is -2.98. The molecule has 2 fully saturated rings. The number of amides is 2. The van der Waals surface area contributed by atoms with Gasteiger partial charge in [0.15, 0.2) is 6.29 Å². The number of urea groups is 1. The van der Waals surface area contributed by atoms with Crippen LogP contribution in [0.15, 0.2) is 48.5 Å². The lowest BCUT2D eigenvalue weighted by atomic mass is 9.99. The molecular weight excluding hydrogens is 510 g/mol. The van der Waals surface area contributed by atoms with Crippen molar-refractivity contribution in [2.45, 2.75) is 77.1 Å². The van der Waals surface area contributed by atoms with E-state index in [2.05, 4.69) is 15.5 Å². The first-order valence-electron chi connectivity index (χ1n) is 14.5. The number of nitrogens with one attached hydrogen (secondary N) is 2. The first kappa shape index (κ1) is 30.0. The van der Waals surface area contributed by atoms with Gasteiger partial charge in [-0.2, -0.15) is 0 Å². The zero-order valence-corrected chi connectivity index (χ0v) is 23.5. The number of carbonyl (C=O) groups excluding carboxylic acids is 2. The van der Waals surface area contributed by atoms with Crippen LogP contribution in [0.1, 0.15) is 80.1 Å². The summed E-state index contributed by atoms with van der Waals surface area (Å²) in [5, 5.41) is 14.7. The number of hydrogen-bond acceptors (Lipinski definition) is 7. The predicted molar refractivity (Wildman–Crippen MR) is 151 cm³/mol. The quantitative estimate of drug-likeness (QED) is 0.375. The Morgan fingerprint density at radius 3 is 2.23 bits per heavy atom. The van der Waals surface area contributed by atoms with E-state index in [9.17, 15) is 14.7 Å². The van der Waals surface area contributed by atoms with E-state index in [-0.39, 0.29) is 32.0 Å². The topological polar surface area (TPSA) is 109 Å². The largest absolute Gasteiger partial charge is 0.465 e. The fraction of sp³-hybridized carbons (Fsp3) is 0.548. The van der Waals surface area contributed by atoms with Gasteiger partial charge in [0.1, 0.15) is 6.54 Å². The summed E-state index contributed by atoms with van der Waals surface area (Å²) in [5.74, 6) is -0.471. The van der Waals surface area contributed by atoms with Gasteiger partial charge in [-0.05, 0) is 49.5 Å². The van der Waals surface area contributed by atoms with E-state index in [0.29, 0.717) is 6.54 Å². The van der Waals surface area contributed by atoms with Crippen molar-refractivity contribution in [2.24, 2.45) is 0 Å². The molecule has 40 heavy (non-hydrogen) atoms. The number of rotatable bonds is 10. The minimum absolute atomic E-state index is 0.0172. The number of aliphatic hydroxyl groups is 1. The smallest absolute Gasteiger partial charge is 0.325 e. The maximum atomic E-state index is 12.0. The minimum Gasteiger partial charge on any atom is -0.465 e. The van der Waals surface area contributed by atoms with Crippen LogP contribution in [0.2, 0.25) is 0 Å². The van der Waals surface area contributed by atoms with E-state index in [1.54, 1.807) is 6.92 Å². The maximum Gasteiger partial charge on any atom is 0.325 e. The second-order valence-electron chi connectivity index (χ2n) is 10.5. The van der Waals surface area contributed by atoms with Crippen molar-refractivity contribution in [2.75, 3.05) is 32.8 Å². The van der Waals surface area contributed by atoms with E-state index in [1.165, 1.54) is 32.1 Å². The molecule has 9 nitrogen and oxygen atoms in total. The van der Waals surface area contributed by atoms with Gasteiger partial charge in [-0.15, -0.1) is 0 Å². The molecule has 2 saturated heterocycles. The molecule has 2 aliphatic heterocycles. The Morgan fingerprint density at radius 1 is 0.900 bits per heavy atom. The molecule has 218 valence electrons. The fourth-order valence-electron chi connectivity index (χ4n) is 5.22. The molecule has 0 spiro atoms. The second-order valence-corrected chi connectivity index (χ2v) is 10.5. The molecule has 3 atom stereocenters. The number of likely N-dealkylation sites (tertiary alicyclic amines) is 1. The molecule has 0 unspecified atom stereocenters. The number of nitrogens with zero attached hydrogens (tertiary/aromatic N) is 1. The number of carbonyl (C=O) groups is 2. The van der Waals surface area contributed by atoms with Crippen molar-refractivity contribution in [3.8, 4) is 0 Å². The lowest BCUT2D eigenvalue weighted by molar-refractivity contribution is -0.253. The van der Waals surface area contributed by atoms with Gasteiger partial charge < -0.3 is 34.9 Å². The van der Waals surface area contributed by atoms with Crippen molar-refractivity contribution in [3.05, 3.63) is 70.8 Å². The molecule has 0 bridgehead atoms. The zero-order chi connectivity index (χ0) is 28.2. The highest BCUT2D eigenvalue weighted by atomic mass is 16.7. The molecule has 2 aromatic carbocycles. The van der Waals surface area contributed by atoms with E-state index in [4.69, 9.17) is 14.2 Å². The molecule has 3 N–H and O–H groups in total. The van der Waals surface area contributed by atoms with Gasteiger partial charge in [-0.25, -0.2) is 4.79 Å². The Kier molecular flexibility index (Phi) is 11.8. The summed E-state index contributed by atoms with van der Waals surface area (Å²) < 4.78 is 17.8. The Morgan fingerprint density at radius 2 is 1.55 bits per heavy atom. The maximum absolute atomic E-state index is 12.0. The third-order valence-corrected chi connectivity index (χ3v) is 7.43. The normalized spacial score (nSPS) is 22.1. The minimum atomic E-state index is -0.508. The molecule has 0 radical (unpaired) electrons. The third kappa shape index (κ3) is 9.30. The molecule has 9 heteroatoms. The monoisotopic (exact) mass is 553 g/mol. The van der Waals surface area contributed by atoms with Crippen molar-refractivity contribution in [1.82, 2.24) is 15.5 Å². The number of ether oxygens (including phenoxy) is 3. The average Bonchev–Trinajstić information content (AvgIpc) is 2.96. The van der Waals surface area contributed by atoms with Crippen LogP contribution in [-0.2, 0) is 32.2 Å². The van der Waals surface area contributed by atoms with Crippen LogP contribution < -0.4 is 10.6 Å². The SMILES string of the molecule is CCOC(=O)CNC(=O)NCc1ccc([C@H]2O[C@@H](CN3CCCCCCC3)C[C@@H](c3ccc(CO)cc3)O2)cc1. The lowest BCUT2D eigenvalue weighted by Gasteiger charge is -2.38. The third-order valence-electron chi connectivity index (χ3n) is 7.43. The highest BCUT2D eigenvalue weighted by Gasteiger charge is 2.33. The molecule has 4 rings (SSSR count). The first-order valence-corrected chi connectivity index (χ1v) is 14.5. The molecule has 2 heterocycles. The summed E-state index contributed by atoms with van der Waals surface area (Å²) in [6.07, 6.45) is 6.56. The van der Waals surface area contributed by atoms with E-state index in [0.717, 1.165) is 48.3 Å². The average molecular weight is 554 g/mol. The highest BCUT2D eigenvalue weighted by molar-refractivity contribution is 5.80. The predicted octanol–water partition coefficient (Wildman–Crippen LogP) is 4.35. The van der Waals surface area contributed by atoms with Crippen molar-refractivity contribution in [3.63, 3.8) is 0 Å². The van der Waals surface area contributed by atoms with Gasteiger partial charge in [0.2, 0.25) is 0 Å². The summed E-state index contributed by atoms with van der Waals surface area (Å²) in [6, 6.07) is 15.4. The Balaban J connectivity index is 1.39. The van der Waals surface area contributed by atoms with E-state index < -0.39 is 18.3 Å². The van der Waals surface area contributed by atoms with Crippen LogP contribution in [-0.4, -0.2) is 60.9 Å². The molecule has 2 aromatic rings. The van der Waals surface area contributed by atoms with Gasteiger partial charge in [-0.3, -0.25) is 4.79 Å². The first-order chi connectivity index (χ1) is 19.5. The van der Waals surface area contributed by atoms with E-state index >= 15 is 0 Å². The standard InChI is InChI=1S/C31H43N3O6/c1-2-38-29(36)20-33-31(37)32-19-23-8-14-26(15-9-23)30-39-27(21-34-16-6-4-3-5-7-17-34)18-28(40-30)25-12-10-24(22-35)11-13-25/h8-15,27-28,30,35H,2-7,16-22H2,1H3,(H2,32,33,37)/t27-,28+,30+/m1/s1. The van der Waals surface area contributed by atoms with Crippen LogP contribution in [0.25, 0.3) is 0 Å². The number of hydrogen-bond donors (Lipinski definition) is 3. The molecule has 2 amide bonds. The summed E-state index contributed by atoms with van der Waals surface area (Å²) in [7, 11) is 0. The lowest BCUT2D eigenvalue weighted by Crippen LogP contribution is -2.40.